The Hall–Kier alpha value is -3.93. The molecule has 0 atom stereocenters. The highest BCUT2D eigenvalue weighted by atomic mass is 19.1. The molecule has 4 aromatic rings. The first-order chi connectivity index (χ1) is 14.0. The van der Waals surface area contributed by atoms with E-state index in [1.165, 1.54) is 18.2 Å². The number of carbonyl (C=O) groups excluding carboxylic acids is 1. The Morgan fingerprint density at radius 1 is 1.00 bits per heavy atom. The van der Waals surface area contributed by atoms with Crippen LogP contribution in [-0.2, 0) is 0 Å². The molecule has 0 spiro atoms. The minimum Gasteiger partial charge on any atom is -0.497 e. The zero-order chi connectivity index (χ0) is 20.4. The van der Waals surface area contributed by atoms with Crippen LogP contribution in [-0.4, -0.2) is 13.0 Å². The van der Waals surface area contributed by atoms with E-state index >= 15 is 0 Å². The van der Waals surface area contributed by atoms with E-state index in [2.05, 4.69) is 5.32 Å². The average molecular weight is 389 g/mol. The van der Waals surface area contributed by atoms with E-state index in [9.17, 15) is 14.0 Å². The van der Waals surface area contributed by atoms with Crippen LogP contribution in [0.5, 0.6) is 5.75 Å². The van der Waals surface area contributed by atoms with Crippen LogP contribution in [0.15, 0.2) is 82.0 Å². The molecule has 0 aliphatic heterocycles. The van der Waals surface area contributed by atoms with Crippen molar-refractivity contribution in [1.29, 1.82) is 0 Å². The summed E-state index contributed by atoms with van der Waals surface area (Å²) in [5.41, 5.74) is 1.09. The highest BCUT2D eigenvalue weighted by molar-refractivity contribution is 6.05. The lowest BCUT2D eigenvalue weighted by atomic mass is 10.1. The zero-order valence-electron chi connectivity index (χ0n) is 15.4. The lowest BCUT2D eigenvalue weighted by Crippen LogP contribution is -2.12. The number of hydrogen-bond donors (Lipinski definition) is 1. The summed E-state index contributed by atoms with van der Waals surface area (Å²) in [6, 6.07) is 18.7. The molecule has 1 aromatic heterocycles. The standard InChI is InChI=1S/C23H16FNO4/c1-28-16-9-6-14(7-10-16)23(27)25-15-8-11-21-18(12-15)20(26)13-22(29-21)17-4-2-3-5-19(17)24/h2-13H,1H3,(H,25,27). The number of anilines is 1. The molecule has 0 saturated carbocycles. The third-order valence-corrected chi connectivity index (χ3v) is 4.48. The number of fused-ring (bicyclic) bond motifs is 1. The number of halogens is 1. The highest BCUT2D eigenvalue weighted by Crippen LogP contribution is 2.26. The molecular weight excluding hydrogens is 373 g/mol. The van der Waals surface area contributed by atoms with Crippen molar-refractivity contribution in [2.75, 3.05) is 12.4 Å². The van der Waals surface area contributed by atoms with Gasteiger partial charge in [0.15, 0.2) is 5.43 Å². The molecule has 0 saturated heterocycles. The van der Waals surface area contributed by atoms with Gasteiger partial charge >= 0.3 is 0 Å². The normalized spacial score (nSPS) is 10.7. The fourth-order valence-electron chi connectivity index (χ4n) is 2.97. The number of nitrogens with one attached hydrogen (secondary N) is 1. The van der Waals surface area contributed by atoms with E-state index in [0.717, 1.165) is 0 Å². The number of amides is 1. The van der Waals surface area contributed by atoms with Crippen molar-refractivity contribution < 1.29 is 18.3 Å². The summed E-state index contributed by atoms with van der Waals surface area (Å²) >= 11 is 0. The van der Waals surface area contributed by atoms with Gasteiger partial charge in [0.05, 0.1) is 18.1 Å². The lowest BCUT2D eigenvalue weighted by Gasteiger charge is -2.08. The molecular formula is C23H16FNO4. The summed E-state index contributed by atoms with van der Waals surface area (Å²) in [5, 5.41) is 3.04. The van der Waals surface area contributed by atoms with Crippen LogP contribution in [0.2, 0.25) is 0 Å². The maximum Gasteiger partial charge on any atom is 0.255 e. The Labute approximate surface area is 165 Å². The maximum absolute atomic E-state index is 14.0. The number of ether oxygens (including phenoxy) is 1. The van der Waals surface area contributed by atoms with Crippen molar-refractivity contribution in [2.45, 2.75) is 0 Å². The van der Waals surface area contributed by atoms with E-state index in [-0.39, 0.29) is 28.0 Å². The zero-order valence-corrected chi connectivity index (χ0v) is 15.4. The van der Waals surface area contributed by atoms with Crippen LogP contribution < -0.4 is 15.5 Å². The van der Waals surface area contributed by atoms with Gasteiger partial charge in [-0.25, -0.2) is 4.39 Å². The van der Waals surface area contributed by atoms with Crippen molar-refractivity contribution >= 4 is 22.6 Å². The Balaban J connectivity index is 1.65. The molecule has 6 heteroatoms. The summed E-state index contributed by atoms with van der Waals surface area (Å²) in [5.74, 6) is 0.00359. The monoisotopic (exact) mass is 389 g/mol. The second kappa shape index (κ2) is 7.59. The third kappa shape index (κ3) is 3.73. The van der Waals surface area contributed by atoms with E-state index in [0.29, 0.717) is 22.6 Å². The molecule has 0 bridgehead atoms. The van der Waals surface area contributed by atoms with Crippen LogP contribution in [0, 0.1) is 5.82 Å². The molecule has 0 radical (unpaired) electrons. The van der Waals surface area contributed by atoms with Gasteiger partial charge < -0.3 is 14.5 Å². The van der Waals surface area contributed by atoms with Gasteiger partial charge in [-0.05, 0) is 54.6 Å². The minimum absolute atomic E-state index is 0.149. The number of methoxy groups -OCH3 is 1. The van der Waals surface area contributed by atoms with E-state index in [1.807, 2.05) is 0 Å². The Kier molecular flexibility index (Phi) is 4.83. The fraction of sp³-hybridized carbons (Fsp3) is 0.0435. The van der Waals surface area contributed by atoms with Gasteiger partial charge in [-0.3, -0.25) is 9.59 Å². The summed E-state index contributed by atoms with van der Waals surface area (Å²) in [7, 11) is 1.55. The van der Waals surface area contributed by atoms with Crippen molar-refractivity contribution in [1.82, 2.24) is 0 Å². The van der Waals surface area contributed by atoms with Crippen LogP contribution >= 0.6 is 0 Å². The second-order valence-electron chi connectivity index (χ2n) is 6.35. The van der Waals surface area contributed by atoms with Gasteiger partial charge in [0.2, 0.25) is 0 Å². The topological polar surface area (TPSA) is 68.5 Å². The van der Waals surface area contributed by atoms with Gasteiger partial charge in [-0.15, -0.1) is 0 Å². The van der Waals surface area contributed by atoms with Crippen molar-refractivity contribution in [3.8, 4) is 17.1 Å². The quantitative estimate of drug-likeness (QED) is 0.541. The first-order valence-electron chi connectivity index (χ1n) is 8.83. The molecule has 1 amide bonds. The van der Waals surface area contributed by atoms with Crippen LogP contribution in [0.1, 0.15) is 10.4 Å². The summed E-state index contributed by atoms with van der Waals surface area (Å²) < 4.78 is 24.8. The molecule has 1 N–H and O–H groups in total. The van der Waals surface area contributed by atoms with Crippen LogP contribution in [0.4, 0.5) is 10.1 Å². The summed E-state index contributed by atoms with van der Waals surface area (Å²) in [4.78, 5) is 25.0. The van der Waals surface area contributed by atoms with E-state index < -0.39 is 5.82 Å². The number of hydrogen-bond acceptors (Lipinski definition) is 4. The molecule has 3 aromatic carbocycles. The predicted octanol–water partition coefficient (Wildman–Crippen LogP) is 4.86. The number of rotatable bonds is 4. The average Bonchev–Trinajstić information content (AvgIpc) is 2.74. The SMILES string of the molecule is COc1ccc(C(=O)Nc2ccc3oc(-c4ccccc4F)cc(=O)c3c2)cc1. The molecule has 4 rings (SSSR count). The molecule has 0 aliphatic carbocycles. The second-order valence-corrected chi connectivity index (χ2v) is 6.35. The first kappa shape index (κ1) is 18.4. The van der Waals surface area contributed by atoms with E-state index in [4.69, 9.17) is 9.15 Å². The van der Waals surface area contributed by atoms with Crippen LogP contribution in [0.3, 0.4) is 0 Å². The molecule has 29 heavy (non-hydrogen) atoms. The third-order valence-electron chi connectivity index (χ3n) is 4.48. The minimum atomic E-state index is -0.474. The smallest absolute Gasteiger partial charge is 0.255 e. The highest BCUT2D eigenvalue weighted by Gasteiger charge is 2.12. The molecule has 0 aliphatic rings. The fourth-order valence-corrected chi connectivity index (χ4v) is 2.97. The molecule has 1 heterocycles. The number of benzene rings is 3. The van der Waals surface area contributed by atoms with Gasteiger partial charge in [-0.1, -0.05) is 12.1 Å². The van der Waals surface area contributed by atoms with Gasteiger partial charge in [0.25, 0.3) is 5.91 Å². The van der Waals surface area contributed by atoms with Crippen molar-refractivity contribution in [3.05, 3.63) is 94.4 Å². The summed E-state index contributed by atoms with van der Waals surface area (Å²) in [6.45, 7) is 0. The molecule has 5 nitrogen and oxygen atoms in total. The van der Waals surface area contributed by atoms with Crippen LogP contribution in [0.25, 0.3) is 22.3 Å². The number of carbonyl (C=O) groups is 1. The van der Waals surface area contributed by atoms with Gasteiger partial charge in [0, 0.05) is 17.3 Å². The molecule has 144 valence electrons. The van der Waals surface area contributed by atoms with Gasteiger partial charge in [0.1, 0.15) is 22.9 Å². The van der Waals surface area contributed by atoms with Crippen molar-refractivity contribution in [3.63, 3.8) is 0 Å². The largest absolute Gasteiger partial charge is 0.497 e. The lowest BCUT2D eigenvalue weighted by molar-refractivity contribution is 0.102. The Morgan fingerprint density at radius 2 is 1.76 bits per heavy atom. The molecule has 0 fully saturated rings. The van der Waals surface area contributed by atoms with Crippen molar-refractivity contribution in [2.24, 2.45) is 0 Å². The van der Waals surface area contributed by atoms with Gasteiger partial charge in [-0.2, -0.15) is 0 Å². The maximum atomic E-state index is 14.0. The Morgan fingerprint density at radius 3 is 2.48 bits per heavy atom. The Bertz CT molecular complexity index is 1260. The summed E-state index contributed by atoms with van der Waals surface area (Å²) in [6.07, 6.45) is 0. The molecule has 0 unspecified atom stereocenters. The first-order valence-corrected chi connectivity index (χ1v) is 8.83. The van der Waals surface area contributed by atoms with E-state index in [1.54, 1.807) is 61.7 Å². The predicted molar refractivity (Wildman–Crippen MR) is 109 cm³/mol.